The SMILES string of the molecule is CCOc1cc(C=NNc2nc(-c3ccccc3)c(C#N)c(=O)[nH]2)c(Br)c(Br)c1OC. The highest BCUT2D eigenvalue weighted by Gasteiger charge is 2.16. The lowest BCUT2D eigenvalue weighted by Crippen LogP contribution is -2.16. The second-order valence-corrected chi connectivity index (χ2v) is 7.63. The van der Waals surface area contributed by atoms with Gasteiger partial charge in [0.25, 0.3) is 5.56 Å². The van der Waals surface area contributed by atoms with Crippen molar-refractivity contribution in [3.63, 3.8) is 0 Å². The third-order valence-electron chi connectivity index (χ3n) is 4.11. The van der Waals surface area contributed by atoms with E-state index in [4.69, 9.17) is 9.47 Å². The van der Waals surface area contributed by atoms with E-state index in [1.54, 1.807) is 37.4 Å². The van der Waals surface area contributed by atoms with Crippen LogP contribution in [0, 0.1) is 11.3 Å². The fourth-order valence-electron chi connectivity index (χ4n) is 2.75. The number of anilines is 1. The van der Waals surface area contributed by atoms with Crippen LogP contribution >= 0.6 is 31.9 Å². The first kappa shape index (κ1) is 22.5. The summed E-state index contributed by atoms with van der Waals surface area (Å²) in [6, 6.07) is 12.7. The molecule has 2 N–H and O–H groups in total. The molecule has 0 saturated heterocycles. The lowest BCUT2D eigenvalue weighted by atomic mass is 10.1. The molecule has 0 amide bonds. The van der Waals surface area contributed by atoms with Crippen LogP contribution in [0.1, 0.15) is 18.1 Å². The van der Waals surface area contributed by atoms with Gasteiger partial charge >= 0.3 is 0 Å². The molecule has 3 aromatic rings. The van der Waals surface area contributed by atoms with Crippen LogP contribution in [0.2, 0.25) is 0 Å². The van der Waals surface area contributed by atoms with Crippen LogP contribution < -0.4 is 20.5 Å². The summed E-state index contributed by atoms with van der Waals surface area (Å²) in [6.45, 7) is 2.35. The maximum Gasteiger partial charge on any atom is 0.270 e. The van der Waals surface area contributed by atoms with Crippen LogP contribution in [-0.4, -0.2) is 29.9 Å². The van der Waals surface area contributed by atoms with Crippen molar-refractivity contribution in [2.45, 2.75) is 6.92 Å². The molecule has 158 valence electrons. The second kappa shape index (κ2) is 10.2. The fourth-order valence-corrected chi connectivity index (χ4v) is 3.73. The summed E-state index contributed by atoms with van der Waals surface area (Å²) >= 11 is 6.99. The van der Waals surface area contributed by atoms with Gasteiger partial charge < -0.3 is 9.47 Å². The topological polar surface area (TPSA) is 112 Å². The number of nitrogens with one attached hydrogen (secondary N) is 2. The largest absolute Gasteiger partial charge is 0.492 e. The normalized spacial score (nSPS) is 10.7. The van der Waals surface area contributed by atoms with Gasteiger partial charge in [0.2, 0.25) is 5.95 Å². The second-order valence-electron chi connectivity index (χ2n) is 6.04. The van der Waals surface area contributed by atoms with Gasteiger partial charge in [-0.15, -0.1) is 0 Å². The molecular formula is C21H17Br2N5O3. The number of nitriles is 1. The van der Waals surface area contributed by atoms with Gasteiger partial charge in [0.05, 0.1) is 30.1 Å². The van der Waals surface area contributed by atoms with Crippen molar-refractivity contribution < 1.29 is 9.47 Å². The van der Waals surface area contributed by atoms with E-state index in [2.05, 4.69) is 52.4 Å². The molecule has 1 aromatic heterocycles. The minimum absolute atomic E-state index is 0.0658. The number of benzene rings is 2. The zero-order valence-corrected chi connectivity index (χ0v) is 19.7. The average molecular weight is 547 g/mol. The summed E-state index contributed by atoms with van der Waals surface area (Å²) in [5, 5.41) is 13.5. The van der Waals surface area contributed by atoms with Crippen molar-refractivity contribution >= 4 is 44.0 Å². The molecule has 0 atom stereocenters. The summed E-state index contributed by atoms with van der Waals surface area (Å²) in [7, 11) is 1.56. The number of H-pyrrole nitrogens is 1. The zero-order chi connectivity index (χ0) is 22.4. The molecule has 1 heterocycles. The van der Waals surface area contributed by atoms with Crippen molar-refractivity contribution in [2.75, 3.05) is 19.1 Å². The van der Waals surface area contributed by atoms with E-state index in [1.807, 2.05) is 19.1 Å². The number of rotatable bonds is 7. The van der Waals surface area contributed by atoms with Crippen molar-refractivity contribution in [3.05, 3.63) is 66.8 Å². The Bertz CT molecular complexity index is 1220. The number of ether oxygens (including phenoxy) is 2. The lowest BCUT2D eigenvalue weighted by Gasteiger charge is -2.14. The number of methoxy groups -OCH3 is 1. The Morgan fingerprint density at radius 1 is 1.29 bits per heavy atom. The molecule has 10 heteroatoms. The number of hydrogen-bond acceptors (Lipinski definition) is 7. The molecule has 0 fully saturated rings. The Morgan fingerprint density at radius 2 is 2.03 bits per heavy atom. The minimum atomic E-state index is -0.555. The van der Waals surface area contributed by atoms with Gasteiger partial charge in [-0.3, -0.25) is 9.78 Å². The van der Waals surface area contributed by atoms with E-state index < -0.39 is 5.56 Å². The first-order chi connectivity index (χ1) is 15.0. The highest BCUT2D eigenvalue weighted by atomic mass is 79.9. The van der Waals surface area contributed by atoms with E-state index in [0.29, 0.717) is 38.2 Å². The van der Waals surface area contributed by atoms with Crippen LogP contribution in [0.3, 0.4) is 0 Å². The van der Waals surface area contributed by atoms with Gasteiger partial charge in [-0.1, -0.05) is 30.3 Å². The van der Waals surface area contributed by atoms with E-state index >= 15 is 0 Å². The van der Waals surface area contributed by atoms with Crippen LogP contribution in [-0.2, 0) is 0 Å². The Hall–Kier alpha value is -3.16. The average Bonchev–Trinajstić information content (AvgIpc) is 2.77. The third kappa shape index (κ3) is 4.95. The maximum atomic E-state index is 12.3. The van der Waals surface area contributed by atoms with Crippen molar-refractivity contribution in [3.8, 4) is 28.8 Å². The summed E-state index contributed by atoms with van der Waals surface area (Å²) in [6.07, 6.45) is 1.54. The van der Waals surface area contributed by atoms with E-state index in [9.17, 15) is 10.1 Å². The van der Waals surface area contributed by atoms with E-state index in [0.717, 1.165) is 0 Å². The molecule has 0 aliphatic heterocycles. The van der Waals surface area contributed by atoms with Crippen LogP contribution in [0.15, 0.2) is 55.2 Å². The Labute approximate surface area is 195 Å². The predicted molar refractivity (Wildman–Crippen MR) is 126 cm³/mol. The van der Waals surface area contributed by atoms with Gasteiger partial charge in [0.15, 0.2) is 11.5 Å². The smallest absolute Gasteiger partial charge is 0.270 e. The third-order valence-corrected chi connectivity index (χ3v) is 6.26. The van der Waals surface area contributed by atoms with Crippen LogP contribution in [0.25, 0.3) is 11.3 Å². The van der Waals surface area contributed by atoms with Crippen molar-refractivity contribution in [1.29, 1.82) is 5.26 Å². The maximum absolute atomic E-state index is 12.3. The van der Waals surface area contributed by atoms with Crippen LogP contribution in [0.5, 0.6) is 11.5 Å². The Balaban J connectivity index is 1.94. The van der Waals surface area contributed by atoms with Gasteiger partial charge in [0, 0.05) is 15.6 Å². The molecule has 0 aliphatic carbocycles. The summed E-state index contributed by atoms with van der Waals surface area (Å²) in [5.41, 5.74) is 3.71. The molecule has 0 bridgehead atoms. The van der Waals surface area contributed by atoms with Gasteiger partial charge in [-0.25, -0.2) is 10.4 Å². The molecule has 0 aliphatic rings. The zero-order valence-electron chi connectivity index (χ0n) is 16.6. The first-order valence-electron chi connectivity index (χ1n) is 9.07. The molecule has 31 heavy (non-hydrogen) atoms. The highest BCUT2D eigenvalue weighted by molar-refractivity contribution is 9.13. The summed E-state index contributed by atoms with van der Waals surface area (Å²) in [4.78, 5) is 19.2. The highest BCUT2D eigenvalue weighted by Crippen LogP contribution is 2.42. The van der Waals surface area contributed by atoms with E-state index in [-0.39, 0.29) is 17.2 Å². The van der Waals surface area contributed by atoms with Crippen LogP contribution in [0.4, 0.5) is 5.95 Å². The van der Waals surface area contributed by atoms with Gasteiger partial charge in [-0.2, -0.15) is 10.4 Å². The van der Waals surface area contributed by atoms with E-state index in [1.165, 1.54) is 6.21 Å². The number of aromatic amines is 1. The number of hydrazone groups is 1. The molecule has 0 saturated carbocycles. The lowest BCUT2D eigenvalue weighted by molar-refractivity contribution is 0.309. The summed E-state index contributed by atoms with van der Waals surface area (Å²) in [5.74, 6) is 1.22. The quantitative estimate of drug-likeness (QED) is 0.328. The van der Waals surface area contributed by atoms with Gasteiger partial charge in [-0.05, 0) is 44.8 Å². The fraction of sp³-hybridized carbons (Fsp3) is 0.143. The molecule has 8 nitrogen and oxygen atoms in total. The Morgan fingerprint density at radius 3 is 2.68 bits per heavy atom. The molecule has 0 radical (unpaired) electrons. The molecule has 3 rings (SSSR count). The van der Waals surface area contributed by atoms with Crippen molar-refractivity contribution in [2.24, 2.45) is 5.10 Å². The number of halogens is 2. The first-order valence-corrected chi connectivity index (χ1v) is 10.7. The predicted octanol–water partition coefficient (Wildman–Crippen LogP) is 4.69. The Kier molecular flexibility index (Phi) is 7.44. The number of aromatic nitrogens is 2. The summed E-state index contributed by atoms with van der Waals surface area (Å²) < 4.78 is 12.4. The molecule has 0 spiro atoms. The molecule has 2 aromatic carbocycles. The molecule has 0 unspecified atom stereocenters. The minimum Gasteiger partial charge on any atom is -0.492 e. The monoisotopic (exact) mass is 545 g/mol. The number of hydrogen-bond donors (Lipinski definition) is 2. The number of nitrogens with zero attached hydrogens (tertiary/aromatic N) is 3. The van der Waals surface area contributed by atoms with Gasteiger partial charge in [0.1, 0.15) is 11.6 Å². The standard InChI is InChI=1S/C21H17Br2N5O3/c1-3-31-15-9-13(16(22)17(23)19(15)30-2)11-25-28-21-26-18(12-7-5-4-6-8-12)14(10-24)20(29)27-21/h4-9,11H,3H2,1-2H3,(H2,26,27,28,29). The van der Waals surface area contributed by atoms with Crippen molar-refractivity contribution in [1.82, 2.24) is 9.97 Å². The molecular weight excluding hydrogens is 530 g/mol.